The van der Waals surface area contributed by atoms with Crippen LogP contribution in [-0.2, 0) is 9.31 Å². The van der Waals surface area contributed by atoms with E-state index in [0.29, 0.717) is 5.92 Å². The molecule has 2 aliphatic rings. The molecule has 2 atom stereocenters. The molecule has 0 bridgehead atoms. The van der Waals surface area contributed by atoms with Crippen LogP contribution in [0, 0.1) is 17.8 Å². The van der Waals surface area contributed by atoms with Crippen molar-refractivity contribution >= 4 is 7.12 Å². The van der Waals surface area contributed by atoms with Crippen LogP contribution in [-0.4, -0.2) is 18.3 Å². The maximum absolute atomic E-state index is 13.8. The second-order valence-electron chi connectivity index (χ2n) is 7.41. The highest BCUT2D eigenvalue weighted by atomic mass is 19.1. The van der Waals surface area contributed by atoms with E-state index in [2.05, 4.69) is 20.8 Å². The molecular weight excluding hydrogens is 254 g/mol. The van der Waals surface area contributed by atoms with E-state index in [1.807, 2.05) is 27.7 Å². The molecule has 112 valence electrons. The quantitative estimate of drug-likeness (QED) is 0.701. The Balaban J connectivity index is 2.34. The lowest BCUT2D eigenvalue weighted by Gasteiger charge is -2.32. The summed E-state index contributed by atoms with van der Waals surface area (Å²) in [7, 11) is -0.450. The van der Waals surface area contributed by atoms with Gasteiger partial charge < -0.3 is 9.31 Å². The molecule has 4 heteroatoms. The van der Waals surface area contributed by atoms with E-state index in [1.54, 1.807) is 12.2 Å². The third-order valence-corrected chi connectivity index (χ3v) is 4.92. The molecule has 2 nitrogen and oxygen atoms in total. The Morgan fingerprint density at radius 1 is 1.15 bits per heavy atom. The lowest BCUT2D eigenvalue weighted by Crippen LogP contribution is -2.41. The Morgan fingerprint density at radius 3 is 2.10 bits per heavy atom. The fourth-order valence-electron chi connectivity index (χ4n) is 3.16. The zero-order valence-corrected chi connectivity index (χ0v) is 13.7. The predicted molar refractivity (Wildman–Crippen MR) is 80.8 cm³/mol. The van der Waals surface area contributed by atoms with Crippen LogP contribution in [0.15, 0.2) is 23.5 Å². The third kappa shape index (κ3) is 2.60. The first-order valence-electron chi connectivity index (χ1n) is 7.49. The summed E-state index contributed by atoms with van der Waals surface area (Å²) >= 11 is 0. The molecule has 20 heavy (non-hydrogen) atoms. The van der Waals surface area contributed by atoms with Crippen molar-refractivity contribution in [2.75, 3.05) is 0 Å². The molecule has 1 aliphatic heterocycles. The standard InChI is InChI=1S/C16H26BFO2/c1-10(2)14-11(3)8-12(18)9-13(14)17-19-15(4,5)16(6,7)20-17/h8-11,14H,1-7H3. The Kier molecular flexibility index (Phi) is 3.94. The summed E-state index contributed by atoms with van der Waals surface area (Å²) < 4.78 is 26.0. The van der Waals surface area contributed by atoms with Crippen molar-refractivity contribution in [1.29, 1.82) is 0 Å². The van der Waals surface area contributed by atoms with Gasteiger partial charge in [0.1, 0.15) is 5.83 Å². The highest BCUT2D eigenvalue weighted by Gasteiger charge is 2.54. The smallest absolute Gasteiger partial charge is 0.400 e. The van der Waals surface area contributed by atoms with Gasteiger partial charge >= 0.3 is 7.12 Å². The fraction of sp³-hybridized carbons (Fsp3) is 0.750. The van der Waals surface area contributed by atoms with Gasteiger partial charge in [0, 0.05) is 0 Å². The molecular formula is C16H26BFO2. The first-order chi connectivity index (χ1) is 9.05. The molecule has 2 rings (SSSR count). The van der Waals surface area contributed by atoms with Crippen molar-refractivity contribution in [3.8, 4) is 0 Å². The van der Waals surface area contributed by atoms with Gasteiger partial charge in [-0.25, -0.2) is 4.39 Å². The first-order valence-corrected chi connectivity index (χ1v) is 7.49. The molecule has 0 aromatic carbocycles. The van der Waals surface area contributed by atoms with Gasteiger partial charge in [0.2, 0.25) is 0 Å². The van der Waals surface area contributed by atoms with Gasteiger partial charge in [-0.2, -0.15) is 0 Å². The van der Waals surface area contributed by atoms with Crippen LogP contribution >= 0.6 is 0 Å². The summed E-state index contributed by atoms with van der Waals surface area (Å²) in [4.78, 5) is 0. The molecule has 2 unspecified atom stereocenters. The van der Waals surface area contributed by atoms with Crippen LogP contribution in [0.1, 0.15) is 48.5 Å². The summed E-state index contributed by atoms with van der Waals surface area (Å²) in [5.41, 5.74) is 0.160. The zero-order chi connectivity index (χ0) is 15.3. The van der Waals surface area contributed by atoms with Gasteiger partial charge in [0.25, 0.3) is 0 Å². The minimum atomic E-state index is -0.450. The summed E-state index contributed by atoms with van der Waals surface area (Å²) in [6, 6.07) is 0. The van der Waals surface area contributed by atoms with Crippen LogP contribution in [0.25, 0.3) is 0 Å². The average molecular weight is 280 g/mol. The van der Waals surface area contributed by atoms with Gasteiger partial charge in [-0.3, -0.25) is 0 Å². The zero-order valence-electron chi connectivity index (χ0n) is 13.7. The van der Waals surface area contributed by atoms with Crippen LogP contribution in [0.4, 0.5) is 4.39 Å². The van der Waals surface area contributed by atoms with Crippen molar-refractivity contribution in [2.24, 2.45) is 17.8 Å². The molecule has 0 spiro atoms. The second-order valence-corrected chi connectivity index (χ2v) is 7.41. The van der Waals surface area contributed by atoms with Gasteiger partial charge in [0.05, 0.1) is 11.2 Å². The Hall–Kier alpha value is -0.605. The monoisotopic (exact) mass is 280 g/mol. The number of hydrogen-bond acceptors (Lipinski definition) is 2. The van der Waals surface area contributed by atoms with E-state index < -0.39 is 7.12 Å². The Labute approximate surface area is 122 Å². The number of hydrogen-bond donors (Lipinski definition) is 0. The largest absolute Gasteiger partial charge is 0.490 e. The SMILES string of the molecule is CC(C)C1C(B2OC(C)(C)C(C)(C)O2)=CC(F)=CC1C. The van der Waals surface area contributed by atoms with E-state index in [1.165, 1.54) is 0 Å². The summed E-state index contributed by atoms with van der Waals surface area (Å²) in [6.07, 6.45) is 3.30. The van der Waals surface area contributed by atoms with Crippen molar-refractivity contribution in [3.63, 3.8) is 0 Å². The second kappa shape index (κ2) is 4.99. The number of rotatable bonds is 2. The molecule has 1 saturated heterocycles. The summed E-state index contributed by atoms with van der Waals surface area (Å²) in [5.74, 6) is 0.650. The summed E-state index contributed by atoms with van der Waals surface area (Å²) in [5, 5.41) is 0. The van der Waals surface area contributed by atoms with Gasteiger partial charge in [-0.15, -0.1) is 0 Å². The van der Waals surface area contributed by atoms with Crippen LogP contribution < -0.4 is 0 Å². The van der Waals surface area contributed by atoms with Gasteiger partial charge in [0.15, 0.2) is 0 Å². The maximum atomic E-state index is 13.8. The minimum Gasteiger partial charge on any atom is -0.400 e. The van der Waals surface area contributed by atoms with E-state index in [-0.39, 0.29) is 28.9 Å². The average Bonchev–Trinajstić information content (AvgIpc) is 2.46. The van der Waals surface area contributed by atoms with Gasteiger partial charge in [-0.05, 0) is 63.1 Å². The Morgan fingerprint density at radius 2 is 1.65 bits per heavy atom. The molecule has 0 aromatic rings. The van der Waals surface area contributed by atoms with Crippen molar-refractivity contribution < 1.29 is 13.7 Å². The highest BCUT2D eigenvalue weighted by Crippen LogP contribution is 2.44. The topological polar surface area (TPSA) is 18.5 Å². The molecule has 1 fully saturated rings. The molecule has 0 N–H and O–H groups in total. The number of halogens is 1. The molecule has 0 amide bonds. The van der Waals surface area contributed by atoms with Crippen LogP contribution in [0.2, 0.25) is 0 Å². The fourth-order valence-corrected chi connectivity index (χ4v) is 3.16. The van der Waals surface area contributed by atoms with Crippen molar-refractivity contribution in [3.05, 3.63) is 23.5 Å². The van der Waals surface area contributed by atoms with E-state index in [4.69, 9.17) is 9.31 Å². The lowest BCUT2D eigenvalue weighted by atomic mass is 9.62. The van der Waals surface area contributed by atoms with E-state index in [0.717, 1.165) is 5.47 Å². The van der Waals surface area contributed by atoms with Crippen molar-refractivity contribution in [1.82, 2.24) is 0 Å². The predicted octanol–water partition coefficient (Wildman–Crippen LogP) is 4.32. The lowest BCUT2D eigenvalue weighted by molar-refractivity contribution is 0.00578. The molecule has 0 radical (unpaired) electrons. The maximum Gasteiger partial charge on any atom is 0.490 e. The molecule has 1 heterocycles. The van der Waals surface area contributed by atoms with Crippen LogP contribution in [0.3, 0.4) is 0 Å². The normalized spacial score (nSPS) is 32.4. The molecule has 0 aromatic heterocycles. The Bertz CT molecular complexity index is 435. The van der Waals surface area contributed by atoms with E-state index in [9.17, 15) is 4.39 Å². The van der Waals surface area contributed by atoms with Crippen LogP contribution in [0.5, 0.6) is 0 Å². The van der Waals surface area contributed by atoms with Gasteiger partial charge in [-0.1, -0.05) is 20.8 Å². The van der Waals surface area contributed by atoms with Crippen molar-refractivity contribution in [2.45, 2.75) is 59.7 Å². The number of allylic oxidation sites excluding steroid dienone is 4. The minimum absolute atomic E-state index is 0.161. The molecule has 1 aliphatic carbocycles. The molecule has 0 saturated carbocycles. The first kappa shape index (κ1) is 15.8. The third-order valence-electron chi connectivity index (χ3n) is 4.92. The highest BCUT2D eigenvalue weighted by molar-refractivity contribution is 6.55. The summed E-state index contributed by atoms with van der Waals surface area (Å²) in [6.45, 7) is 14.5. The van der Waals surface area contributed by atoms with E-state index >= 15 is 0 Å².